The van der Waals surface area contributed by atoms with E-state index in [0.29, 0.717) is 22.9 Å². The van der Waals surface area contributed by atoms with Crippen LogP contribution in [0.25, 0.3) is 0 Å². The van der Waals surface area contributed by atoms with Crippen molar-refractivity contribution in [1.29, 1.82) is 0 Å². The summed E-state index contributed by atoms with van der Waals surface area (Å²) in [4.78, 5) is 56.1. The maximum atomic E-state index is 13.3. The van der Waals surface area contributed by atoms with Crippen molar-refractivity contribution in [3.05, 3.63) is 51.5 Å². The molecule has 2 N–H and O–H groups in total. The molecule has 4 unspecified atom stereocenters. The number of carboxylic acids is 1. The number of carbonyl (C=O) groups excluding carboxylic acids is 3. The molecule has 45 heavy (non-hydrogen) atoms. The van der Waals surface area contributed by atoms with Crippen molar-refractivity contribution in [3.8, 4) is 0 Å². The minimum Gasteiger partial charge on any atom is -0.481 e. The van der Waals surface area contributed by atoms with Crippen LogP contribution in [0.15, 0.2) is 29.6 Å². The van der Waals surface area contributed by atoms with Gasteiger partial charge >= 0.3 is 18.1 Å². The fraction of sp³-hybridized carbons (Fsp3) is 0.594. The molecule has 1 aromatic carbocycles. The van der Waals surface area contributed by atoms with E-state index in [1.54, 1.807) is 11.9 Å². The van der Waals surface area contributed by atoms with Gasteiger partial charge in [-0.15, -0.1) is 11.3 Å². The number of rotatable bonds is 15. The quantitative estimate of drug-likeness (QED) is 0.217. The number of benzene rings is 1. The number of alkyl halides is 3. The molecule has 0 bridgehead atoms. The number of amides is 2. The molecule has 1 aliphatic carbocycles. The van der Waals surface area contributed by atoms with Gasteiger partial charge in [0, 0.05) is 44.3 Å². The Morgan fingerprint density at radius 3 is 2.27 bits per heavy atom. The highest BCUT2D eigenvalue weighted by Crippen LogP contribution is 2.33. The number of aliphatic carboxylic acids is 1. The number of halogens is 3. The average Bonchev–Trinajstić information content (AvgIpc) is 3.42. The summed E-state index contributed by atoms with van der Waals surface area (Å²) in [5.41, 5.74) is -0.282. The number of nitrogens with one attached hydrogen (secondary N) is 1. The van der Waals surface area contributed by atoms with Crippen LogP contribution in [0.3, 0.4) is 0 Å². The zero-order chi connectivity index (χ0) is 33.5. The van der Waals surface area contributed by atoms with Crippen molar-refractivity contribution in [3.63, 3.8) is 0 Å². The lowest BCUT2D eigenvalue weighted by molar-refractivity contribution is -0.148. The SMILES string of the molecule is CC(=O)OC(CC(C(C)C)N(C)C(=O)CC1CCC1)c1nc(C(=O)NC(Cc2ccc(C(F)(F)F)cc2)CC(C)C(=O)O)cs1. The number of aromatic nitrogens is 1. The Morgan fingerprint density at radius 2 is 1.76 bits per heavy atom. The van der Waals surface area contributed by atoms with Crippen LogP contribution in [0, 0.1) is 17.8 Å². The average molecular weight is 654 g/mol. The fourth-order valence-electron chi connectivity index (χ4n) is 5.40. The van der Waals surface area contributed by atoms with E-state index in [-0.39, 0.29) is 42.8 Å². The third-order valence-corrected chi connectivity index (χ3v) is 9.24. The Bertz CT molecular complexity index is 1330. The molecule has 1 heterocycles. The highest BCUT2D eigenvalue weighted by Gasteiger charge is 2.33. The molecule has 4 atom stereocenters. The molecule has 1 aliphatic rings. The molecule has 248 valence electrons. The van der Waals surface area contributed by atoms with Crippen LogP contribution in [0.1, 0.15) is 98.9 Å². The first-order valence-corrected chi connectivity index (χ1v) is 16.0. The first-order chi connectivity index (χ1) is 21.0. The summed E-state index contributed by atoms with van der Waals surface area (Å²) in [5.74, 6) is -2.55. The van der Waals surface area contributed by atoms with Gasteiger partial charge in [0.2, 0.25) is 5.91 Å². The van der Waals surface area contributed by atoms with E-state index in [1.165, 1.54) is 31.4 Å². The fourth-order valence-corrected chi connectivity index (χ4v) is 6.24. The molecule has 2 aromatic rings. The van der Waals surface area contributed by atoms with Gasteiger partial charge in [0.25, 0.3) is 5.91 Å². The molecule has 0 aliphatic heterocycles. The molecule has 2 amide bonds. The highest BCUT2D eigenvalue weighted by atomic mass is 32.1. The number of carboxylic acid groups (broad SMARTS) is 1. The molecule has 0 saturated heterocycles. The van der Waals surface area contributed by atoms with Gasteiger partial charge in [-0.2, -0.15) is 13.2 Å². The molecular weight excluding hydrogens is 611 g/mol. The van der Waals surface area contributed by atoms with Gasteiger partial charge in [-0.1, -0.05) is 39.3 Å². The monoisotopic (exact) mass is 653 g/mol. The maximum Gasteiger partial charge on any atom is 0.416 e. The van der Waals surface area contributed by atoms with Crippen molar-refractivity contribution in [2.45, 2.75) is 97.0 Å². The Kier molecular flexibility index (Phi) is 12.5. The van der Waals surface area contributed by atoms with Crippen LogP contribution in [-0.2, 0) is 31.7 Å². The van der Waals surface area contributed by atoms with Crippen LogP contribution in [0.4, 0.5) is 13.2 Å². The Hall–Kier alpha value is -3.48. The first kappa shape index (κ1) is 36.0. The number of hydrogen-bond acceptors (Lipinski definition) is 7. The van der Waals surface area contributed by atoms with Gasteiger partial charge in [-0.05, 0) is 55.2 Å². The summed E-state index contributed by atoms with van der Waals surface area (Å²) in [6, 6.07) is 3.52. The summed E-state index contributed by atoms with van der Waals surface area (Å²) in [6.45, 7) is 6.73. The smallest absolute Gasteiger partial charge is 0.416 e. The molecule has 0 spiro atoms. The molecule has 13 heteroatoms. The van der Waals surface area contributed by atoms with E-state index < -0.39 is 47.6 Å². The zero-order valence-corrected chi connectivity index (χ0v) is 27.0. The standard InChI is InChI=1S/C32H42F3N3O6S/c1-18(2)26(38(5)28(40)15-21-7-6-8-21)16-27(44-20(4)39)30-37-25(17-45-30)29(41)36-24(13-19(3)31(42)43)14-22-9-11-23(12-10-22)32(33,34)35/h9-12,17-19,21,24,26-27H,6-8,13-16H2,1-5H3,(H,36,41)(H,42,43). The van der Waals surface area contributed by atoms with Gasteiger partial charge in [-0.25, -0.2) is 4.98 Å². The van der Waals surface area contributed by atoms with Crippen LogP contribution in [0.5, 0.6) is 0 Å². The van der Waals surface area contributed by atoms with Gasteiger partial charge in [0.15, 0.2) is 6.10 Å². The number of nitrogens with zero attached hydrogens (tertiary/aromatic N) is 2. The molecule has 1 aromatic heterocycles. The topological polar surface area (TPSA) is 126 Å². The van der Waals surface area contributed by atoms with E-state index >= 15 is 0 Å². The lowest BCUT2D eigenvalue weighted by Crippen LogP contribution is -2.42. The van der Waals surface area contributed by atoms with Crippen molar-refractivity contribution < 1.29 is 42.2 Å². The number of ether oxygens (including phenoxy) is 1. The molecular formula is C32H42F3N3O6S. The first-order valence-electron chi connectivity index (χ1n) is 15.1. The van der Waals surface area contributed by atoms with E-state index in [2.05, 4.69) is 10.3 Å². The predicted octanol–water partition coefficient (Wildman–Crippen LogP) is 6.28. The van der Waals surface area contributed by atoms with Gasteiger partial charge < -0.3 is 20.1 Å². The normalized spacial score (nSPS) is 16.3. The molecule has 0 radical (unpaired) electrons. The van der Waals surface area contributed by atoms with E-state index in [9.17, 15) is 37.5 Å². The predicted molar refractivity (Wildman–Crippen MR) is 162 cm³/mol. The number of carbonyl (C=O) groups is 4. The minimum atomic E-state index is -4.49. The van der Waals surface area contributed by atoms with Crippen LogP contribution >= 0.6 is 11.3 Å². The second-order valence-corrected chi connectivity index (χ2v) is 13.2. The highest BCUT2D eigenvalue weighted by molar-refractivity contribution is 7.09. The second-order valence-electron chi connectivity index (χ2n) is 12.3. The Morgan fingerprint density at radius 1 is 1.11 bits per heavy atom. The summed E-state index contributed by atoms with van der Waals surface area (Å²) < 4.78 is 44.6. The largest absolute Gasteiger partial charge is 0.481 e. The van der Waals surface area contributed by atoms with E-state index in [4.69, 9.17) is 4.74 Å². The Balaban J connectivity index is 1.77. The maximum absolute atomic E-state index is 13.3. The minimum absolute atomic E-state index is 0.0306. The number of esters is 1. The number of hydrogen-bond donors (Lipinski definition) is 2. The molecule has 1 saturated carbocycles. The van der Waals surface area contributed by atoms with Crippen LogP contribution in [0.2, 0.25) is 0 Å². The summed E-state index contributed by atoms with van der Waals surface area (Å²) in [7, 11) is 1.76. The van der Waals surface area contributed by atoms with Crippen molar-refractivity contribution >= 4 is 35.1 Å². The van der Waals surface area contributed by atoms with Crippen molar-refractivity contribution in [2.24, 2.45) is 17.8 Å². The second kappa shape index (κ2) is 15.7. The summed E-state index contributed by atoms with van der Waals surface area (Å²) >= 11 is 1.13. The summed E-state index contributed by atoms with van der Waals surface area (Å²) in [6.07, 6.45) is -1.17. The van der Waals surface area contributed by atoms with E-state index in [0.717, 1.165) is 42.7 Å². The molecule has 9 nitrogen and oxygen atoms in total. The van der Waals surface area contributed by atoms with E-state index in [1.807, 2.05) is 13.8 Å². The third kappa shape index (κ3) is 10.5. The molecule has 1 fully saturated rings. The van der Waals surface area contributed by atoms with Gasteiger partial charge in [0.05, 0.1) is 11.5 Å². The summed E-state index contributed by atoms with van der Waals surface area (Å²) in [5, 5.41) is 14.1. The Labute approximate surface area is 265 Å². The van der Waals surface area contributed by atoms with Gasteiger partial charge in [-0.3, -0.25) is 19.2 Å². The van der Waals surface area contributed by atoms with Crippen LogP contribution in [-0.4, -0.2) is 57.9 Å². The lowest BCUT2D eigenvalue weighted by atomic mass is 9.82. The van der Waals surface area contributed by atoms with Crippen LogP contribution < -0.4 is 5.32 Å². The molecule has 3 rings (SSSR count). The lowest BCUT2D eigenvalue weighted by Gasteiger charge is -2.35. The van der Waals surface area contributed by atoms with Gasteiger partial charge in [0.1, 0.15) is 10.7 Å². The zero-order valence-electron chi connectivity index (χ0n) is 26.2. The van der Waals surface area contributed by atoms with Crippen molar-refractivity contribution in [2.75, 3.05) is 7.05 Å². The number of thiazole rings is 1. The van der Waals surface area contributed by atoms with Crippen molar-refractivity contribution in [1.82, 2.24) is 15.2 Å². The third-order valence-electron chi connectivity index (χ3n) is 8.30.